The third-order valence-electron chi connectivity index (χ3n) is 5.45. The van der Waals surface area contributed by atoms with Crippen molar-refractivity contribution >= 4 is 32.4 Å². The summed E-state index contributed by atoms with van der Waals surface area (Å²) in [5, 5.41) is 4.52. The Balaban J connectivity index is 1.51. The molecule has 5 nitrogen and oxygen atoms in total. The minimum atomic E-state index is -3.76. The Bertz CT molecular complexity index is 1150. The van der Waals surface area contributed by atoms with Crippen LogP contribution < -0.4 is 9.62 Å². The molecule has 0 aliphatic carbocycles. The molecule has 29 heavy (non-hydrogen) atoms. The zero-order chi connectivity index (χ0) is 20.6. The molecule has 0 saturated carbocycles. The fourth-order valence-electron chi connectivity index (χ4n) is 3.91. The van der Waals surface area contributed by atoms with Crippen LogP contribution >= 0.6 is 0 Å². The second-order valence-corrected chi connectivity index (χ2v) is 9.33. The summed E-state index contributed by atoms with van der Waals surface area (Å²) in [5.74, 6) is -0.293. The lowest BCUT2D eigenvalue weighted by Crippen LogP contribution is -2.49. The lowest BCUT2D eigenvalue weighted by molar-refractivity contribution is -0.122. The molecule has 0 aromatic heterocycles. The highest BCUT2D eigenvalue weighted by molar-refractivity contribution is 7.93. The minimum absolute atomic E-state index is 0.0615. The van der Waals surface area contributed by atoms with E-state index in [9.17, 15) is 13.2 Å². The zero-order valence-corrected chi connectivity index (χ0v) is 17.3. The number of aryl methyl sites for hydroxylation is 1. The largest absolute Gasteiger partial charge is 0.352 e. The van der Waals surface area contributed by atoms with E-state index in [1.165, 1.54) is 9.87 Å². The molecule has 1 aliphatic heterocycles. The van der Waals surface area contributed by atoms with Crippen LogP contribution in [0.2, 0.25) is 0 Å². The first-order valence-electron chi connectivity index (χ1n) is 9.80. The van der Waals surface area contributed by atoms with Gasteiger partial charge < -0.3 is 5.32 Å². The summed E-state index contributed by atoms with van der Waals surface area (Å²) in [4.78, 5) is 13.2. The van der Waals surface area contributed by atoms with Crippen molar-refractivity contribution in [2.45, 2.75) is 43.7 Å². The summed E-state index contributed by atoms with van der Waals surface area (Å²) in [6.07, 6.45) is 1.63. The van der Waals surface area contributed by atoms with Gasteiger partial charge in [-0.1, -0.05) is 54.6 Å². The van der Waals surface area contributed by atoms with Crippen molar-refractivity contribution in [2.24, 2.45) is 0 Å². The van der Waals surface area contributed by atoms with Crippen LogP contribution in [0.3, 0.4) is 0 Å². The van der Waals surface area contributed by atoms with Crippen LogP contribution in [0.25, 0.3) is 10.8 Å². The first-order chi connectivity index (χ1) is 13.9. The fraction of sp³-hybridized carbons (Fsp3) is 0.261. The highest BCUT2D eigenvalue weighted by Gasteiger charge is 2.40. The topological polar surface area (TPSA) is 66.5 Å². The molecular weight excluding hydrogens is 384 g/mol. The average Bonchev–Trinajstić information content (AvgIpc) is 2.95. The van der Waals surface area contributed by atoms with Gasteiger partial charge in [0, 0.05) is 11.4 Å². The van der Waals surface area contributed by atoms with E-state index in [1.807, 2.05) is 43.3 Å². The minimum Gasteiger partial charge on any atom is -0.352 e. The quantitative estimate of drug-likeness (QED) is 0.673. The Hall–Kier alpha value is -2.86. The molecule has 0 bridgehead atoms. The highest BCUT2D eigenvalue weighted by atomic mass is 32.2. The van der Waals surface area contributed by atoms with E-state index in [0.29, 0.717) is 11.1 Å². The smallest absolute Gasteiger partial charge is 0.265 e. The number of anilines is 1. The van der Waals surface area contributed by atoms with Gasteiger partial charge in [0.15, 0.2) is 0 Å². The van der Waals surface area contributed by atoms with E-state index in [1.54, 1.807) is 25.1 Å². The molecule has 2 atom stereocenters. The van der Waals surface area contributed by atoms with Crippen molar-refractivity contribution in [2.75, 3.05) is 4.31 Å². The van der Waals surface area contributed by atoms with Crippen molar-refractivity contribution < 1.29 is 13.2 Å². The van der Waals surface area contributed by atoms with E-state index in [4.69, 9.17) is 0 Å². The lowest BCUT2D eigenvalue weighted by Gasteiger charge is -2.27. The van der Waals surface area contributed by atoms with Gasteiger partial charge in [0.05, 0.1) is 10.6 Å². The van der Waals surface area contributed by atoms with E-state index < -0.39 is 16.1 Å². The van der Waals surface area contributed by atoms with E-state index >= 15 is 0 Å². The number of rotatable bonds is 6. The molecule has 1 N–H and O–H groups in total. The molecule has 0 fully saturated rings. The third kappa shape index (κ3) is 3.49. The summed E-state index contributed by atoms with van der Waals surface area (Å²) in [5.41, 5.74) is 1.78. The monoisotopic (exact) mass is 408 g/mol. The SMILES string of the molecule is CC(CCc1ccccc1)NC(=O)C(C)N1c2cccc3cccc(c23)S1(=O)=O. The van der Waals surface area contributed by atoms with Crippen LogP contribution in [-0.2, 0) is 21.2 Å². The highest BCUT2D eigenvalue weighted by Crippen LogP contribution is 2.43. The molecule has 150 valence electrons. The molecule has 2 unspecified atom stereocenters. The molecule has 1 aliphatic rings. The summed E-state index contributed by atoms with van der Waals surface area (Å²) in [6, 6.07) is 19.9. The summed E-state index contributed by atoms with van der Waals surface area (Å²) >= 11 is 0. The Morgan fingerprint density at radius 3 is 2.38 bits per heavy atom. The maximum atomic E-state index is 13.2. The van der Waals surface area contributed by atoms with Crippen molar-refractivity contribution in [3.63, 3.8) is 0 Å². The molecule has 0 radical (unpaired) electrons. The van der Waals surface area contributed by atoms with Gasteiger partial charge in [-0.2, -0.15) is 0 Å². The van der Waals surface area contributed by atoms with Gasteiger partial charge in [-0.3, -0.25) is 9.10 Å². The van der Waals surface area contributed by atoms with Crippen LogP contribution in [-0.4, -0.2) is 26.4 Å². The van der Waals surface area contributed by atoms with E-state index in [0.717, 1.165) is 18.2 Å². The number of hydrogen-bond acceptors (Lipinski definition) is 3. The number of carbonyl (C=O) groups is 1. The van der Waals surface area contributed by atoms with Gasteiger partial charge in [0.2, 0.25) is 5.91 Å². The number of nitrogens with zero attached hydrogens (tertiary/aromatic N) is 1. The molecule has 1 amide bonds. The maximum absolute atomic E-state index is 13.2. The number of nitrogens with one attached hydrogen (secondary N) is 1. The molecule has 6 heteroatoms. The summed E-state index contributed by atoms with van der Waals surface area (Å²) < 4.78 is 27.6. The molecular formula is C23H24N2O3S. The Morgan fingerprint density at radius 2 is 1.66 bits per heavy atom. The van der Waals surface area contributed by atoms with Gasteiger partial charge in [-0.25, -0.2) is 8.42 Å². The van der Waals surface area contributed by atoms with Gasteiger partial charge in [0.1, 0.15) is 6.04 Å². The average molecular weight is 409 g/mol. The zero-order valence-electron chi connectivity index (χ0n) is 16.5. The van der Waals surface area contributed by atoms with Gasteiger partial charge in [0.25, 0.3) is 10.0 Å². The molecule has 3 aromatic carbocycles. The van der Waals surface area contributed by atoms with Crippen LogP contribution in [0.15, 0.2) is 71.6 Å². The predicted molar refractivity (Wildman–Crippen MR) is 115 cm³/mol. The van der Waals surface area contributed by atoms with E-state index in [-0.39, 0.29) is 16.8 Å². The maximum Gasteiger partial charge on any atom is 0.265 e. The summed E-state index contributed by atoms with van der Waals surface area (Å²) in [7, 11) is -3.76. The standard InChI is InChI=1S/C23H24N2O3S/c1-16(14-15-18-8-4-3-5-9-18)24-23(26)17(2)25-20-12-6-10-19-11-7-13-21(22(19)20)29(25,27)28/h3-13,16-17H,14-15H2,1-2H3,(H,24,26). The summed E-state index contributed by atoms with van der Waals surface area (Å²) in [6.45, 7) is 3.59. The van der Waals surface area contributed by atoms with Gasteiger partial charge >= 0.3 is 0 Å². The van der Waals surface area contributed by atoms with Crippen molar-refractivity contribution in [1.82, 2.24) is 5.32 Å². The van der Waals surface area contributed by atoms with Crippen LogP contribution in [0, 0.1) is 0 Å². The van der Waals surface area contributed by atoms with Crippen LogP contribution in [0.1, 0.15) is 25.8 Å². The molecule has 4 rings (SSSR count). The second kappa shape index (κ2) is 7.52. The molecule has 3 aromatic rings. The second-order valence-electron chi connectivity index (χ2n) is 7.54. The molecule has 1 heterocycles. The van der Waals surface area contributed by atoms with Gasteiger partial charge in [-0.15, -0.1) is 0 Å². The van der Waals surface area contributed by atoms with E-state index in [2.05, 4.69) is 17.4 Å². The Labute approximate surface area is 171 Å². The van der Waals surface area contributed by atoms with Crippen LogP contribution in [0.5, 0.6) is 0 Å². The first-order valence-corrected chi connectivity index (χ1v) is 11.2. The molecule has 0 saturated heterocycles. The van der Waals surface area contributed by atoms with Crippen molar-refractivity contribution in [3.05, 3.63) is 72.3 Å². The first kappa shape index (κ1) is 19.5. The van der Waals surface area contributed by atoms with Crippen molar-refractivity contribution in [1.29, 1.82) is 0 Å². The fourth-order valence-corrected chi connectivity index (χ4v) is 5.77. The third-order valence-corrected chi connectivity index (χ3v) is 7.37. The normalized spacial score (nSPS) is 16.6. The Kier molecular flexibility index (Phi) is 5.04. The number of hydrogen-bond donors (Lipinski definition) is 1. The van der Waals surface area contributed by atoms with Gasteiger partial charge in [-0.05, 0) is 49.8 Å². The predicted octanol–water partition coefficient (Wildman–Crippen LogP) is 3.87. The number of amides is 1. The number of benzene rings is 3. The van der Waals surface area contributed by atoms with Crippen LogP contribution in [0.4, 0.5) is 5.69 Å². The molecule has 0 spiro atoms. The van der Waals surface area contributed by atoms with Crippen molar-refractivity contribution in [3.8, 4) is 0 Å². The number of carbonyl (C=O) groups excluding carboxylic acids is 1. The number of sulfonamides is 1. The Morgan fingerprint density at radius 1 is 0.966 bits per heavy atom. The lowest BCUT2D eigenvalue weighted by atomic mass is 10.1.